The van der Waals surface area contributed by atoms with E-state index in [0.717, 1.165) is 25.7 Å². The van der Waals surface area contributed by atoms with Crippen LogP contribution in [-0.2, 0) is 4.79 Å². The summed E-state index contributed by atoms with van der Waals surface area (Å²) < 4.78 is 0. The predicted octanol–water partition coefficient (Wildman–Crippen LogP) is 8.21. The molecule has 2 aliphatic carbocycles. The van der Waals surface area contributed by atoms with Crippen molar-refractivity contribution < 1.29 is 4.79 Å². The quantitative estimate of drug-likeness (QED) is 0.227. The molecular weight excluding hydrogens is 388 g/mol. The smallest absolute Gasteiger partial charge is 0.140 e. The van der Waals surface area contributed by atoms with Crippen LogP contribution in [0.4, 0.5) is 0 Å². The molecule has 0 radical (unpaired) electrons. The average molecular weight is 427 g/mol. The topological polar surface area (TPSA) is 17.1 Å². The first-order valence-electron chi connectivity index (χ1n) is 11.8. The lowest BCUT2D eigenvalue weighted by molar-refractivity contribution is -0.124. The molecule has 1 heteroatoms. The Morgan fingerprint density at radius 2 is 1.66 bits per heavy atom. The molecule has 2 aliphatic rings. The van der Waals surface area contributed by atoms with E-state index >= 15 is 0 Å². The standard InChI is InChI=1S/C31H38O/c1-4-7-8-9-10-11-12-13-17-25-30-27(6-3)28(29(20-5-2)31(30)32)24-19-18-23-26-21-15-14-16-22-26/h4-9,11-13,15,17-19,21-24,27-30H,2-3,10,14,16,20,25H2,1H3/t27?,28?,29-,30+/m1/s1. The molecule has 0 aromatic rings. The van der Waals surface area contributed by atoms with Gasteiger partial charge in [-0.05, 0) is 56.4 Å². The van der Waals surface area contributed by atoms with Gasteiger partial charge < -0.3 is 0 Å². The molecule has 1 fully saturated rings. The molecule has 0 aromatic heterocycles. The van der Waals surface area contributed by atoms with Crippen molar-refractivity contribution in [2.75, 3.05) is 0 Å². The van der Waals surface area contributed by atoms with Gasteiger partial charge in [0.25, 0.3) is 0 Å². The first kappa shape index (κ1) is 25.3. The van der Waals surface area contributed by atoms with Crippen LogP contribution < -0.4 is 0 Å². The van der Waals surface area contributed by atoms with Crippen molar-refractivity contribution >= 4 is 5.78 Å². The van der Waals surface area contributed by atoms with Crippen LogP contribution in [0.15, 0.2) is 122 Å². The summed E-state index contributed by atoms with van der Waals surface area (Å²) in [7, 11) is 0. The number of Topliss-reactive ketones (excluding diaryl/α,β-unsaturated/α-hetero) is 1. The molecule has 168 valence electrons. The fraction of sp³-hybridized carbons (Fsp3) is 0.323. The summed E-state index contributed by atoms with van der Waals surface area (Å²) in [5, 5.41) is 0. The molecule has 4 atom stereocenters. The Labute approximate surface area is 195 Å². The number of allylic oxidation sites excluding steroid dienone is 18. The van der Waals surface area contributed by atoms with Crippen molar-refractivity contribution in [3.8, 4) is 0 Å². The molecule has 1 saturated carbocycles. The van der Waals surface area contributed by atoms with Gasteiger partial charge in [-0.3, -0.25) is 4.79 Å². The summed E-state index contributed by atoms with van der Waals surface area (Å²) in [6.07, 6.45) is 40.1. The van der Waals surface area contributed by atoms with E-state index in [1.54, 1.807) is 0 Å². The lowest BCUT2D eigenvalue weighted by Gasteiger charge is -2.18. The van der Waals surface area contributed by atoms with Crippen LogP contribution in [0.1, 0.15) is 39.0 Å². The van der Waals surface area contributed by atoms with Crippen molar-refractivity contribution in [2.45, 2.75) is 39.0 Å². The van der Waals surface area contributed by atoms with Gasteiger partial charge in [-0.1, -0.05) is 103 Å². The second kappa shape index (κ2) is 15.0. The van der Waals surface area contributed by atoms with Gasteiger partial charge in [0.15, 0.2) is 0 Å². The third-order valence-electron chi connectivity index (χ3n) is 6.04. The summed E-state index contributed by atoms with van der Waals surface area (Å²) in [4.78, 5) is 13.2. The maximum atomic E-state index is 13.2. The van der Waals surface area contributed by atoms with Gasteiger partial charge in [-0.2, -0.15) is 0 Å². The third kappa shape index (κ3) is 7.96. The highest BCUT2D eigenvalue weighted by Crippen LogP contribution is 2.44. The highest BCUT2D eigenvalue weighted by molar-refractivity contribution is 5.87. The zero-order chi connectivity index (χ0) is 23.0. The van der Waals surface area contributed by atoms with E-state index in [1.165, 1.54) is 5.57 Å². The van der Waals surface area contributed by atoms with Crippen molar-refractivity contribution in [1.82, 2.24) is 0 Å². The fourth-order valence-electron chi connectivity index (χ4n) is 4.42. The highest BCUT2D eigenvalue weighted by atomic mass is 16.1. The molecule has 0 aromatic carbocycles. The van der Waals surface area contributed by atoms with Crippen LogP contribution in [0.25, 0.3) is 0 Å². The van der Waals surface area contributed by atoms with Crippen LogP contribution in [0.5, 0.6) is 0 Å². The van der Waals surface area contributed by atoms with Crippen LogP contribution in [-0.4, -0.2) is 5.78 Å². The maximum absolute atomic E-state index is 13.2. The number of ketones is 1. The van der Waals surface area contributed by atoms with Gasteiger partial charge in [-0.25, -0.2) is 0 Å². The normalized spacial score (nSPS) is 26.7. The van der Waals surface area contributed by atoms with E-state index < -0.39 is 0 Å². The lowest BCUT2D eigenvalue weighted by Crippen LogP contribution is -2.15. The lowest BCUT2D eigenvalue weighted by atomic mass is 9.84. The molecule has 2 rings (SSSR count). The predicted molar refractivity (Wildman–Crippen MR) is 140 cm³/mol. The van der Waals surface area contributed by atoms with Crippen molar-refractivity contribution in [3.05, 3.63) is 122 Å². The van der Waals surface area contributed by atoms with Crippen LogP contribution >= 0.6 is 0 Å². The number of carbonyl (C=O) groups is 1. The van der Waals surface area contributed by atoms with Gasteiger partial charge in [0, 0.05) is 11.8 Å². The van der Waals surface area contributed by atoms with Gasteiger partial charge in [0.05, 0.1) is 0 Å². The third-order valence-corrected chi connectivity index (χ3v) is 6.04. The van der Waals surface area contributed by atoms with Crippen LogP contribution in [0.2, 0.25) is 0 Å². The molecule has 0 N–H and O–H groups in total. The Kier molecular flexibility index (Phi) is 11.8. The minimum absolute atomic E-state index is 0.0142. The van der Waals surface area contributed by atoms with Crippen molar-refractivity contribution in [1.29, 1.82) is 0 Å². The van der Waals surface area contributed by atoms with Gasteiger partial charge in [0.2, 0.25) is 0 Å². The summed E-state index contributed by atoms with van der Waals surface area (Å²) in [5.74, 6) is 0.640. The first-order chi connectivity index (χ1) is 15.7. The first-order valence-corrected chi connectivity index (χ1v) is 11.8. The Balaban J connectivity index is 2.01. The molecule has 0 aliphatic heterocycles. The zero-order valence-corrected chi connectivity index (χ0v) is 19.5. The van der Waals surface area contributed by atoms with Gasteiger partial charge in [0.1, 0.15) is 5.78 Å². The highest BCUT2D eigenvalue weighted by Gasteiger charge is 2.45. The van der Waals surface area contributed by atoms with E-state index in [1.807, 2.05) is 37.3 Å². The molecule has 0 heterocycles. The van der Waals surface area contributed by atoms with Crippen molar-refractivity contribution in [3.63, 3.8) is 0 Å². The largest absolute Gasteiger partial charge is 0.299 e. The van der Waals surface area contributed by atoms with Crippen LogP contribution in [0, 0.1) is 23.7 Å². The minimum Gasteiger partial charge on any atom is -0.299 e. The Morgan fingerprint density at radius 3 is 2.34 bits per heavy atom. The SMILES string of the molecule is C=CC[C@H]1C(=O)[C@@H](CC=CC=CCC=CC=CC)C(C=C)C1C=CC=CC1=CCCC=C1. The number of hydrogen-bond acceptors (Lipinski definition) is 1. The Morgan fingerprint density at radius 1 is 0.906 bits per heavy atom. The molecule has 0 bridgehead atoms. The summed E-state index contributed by atoms with van der Waals surface area (Å²) in [5.41, 5.74) is 1.25. The average Bonchev–Trinajstić information content (AvgIpc) is 3.06. The summed E-state index contributed by atoms with van der Waals surface area (Å²) in [6.45, 7) is 9.96. The summed E-state index contributed by atoms with van der Waals surface area (Å²) in [6, 6.07) is 0. The Bertz CT molecular complexity index is 853. The number of rotatable bonds is 12. The van der Waals surface area contributed by atoms with Crippen molar-refractivity contribution in [2.24, 2.45) is 23.7 Å². The van der Waals surface area contributed by atoms with Gasteiger partial charge >= 0.3 is 0 Å². The second-order valence-corrected chi connectivity index (χ2v) is 8.24. The summed E-state index contributed by atoms with van der Waals surface area (Å²) >= 11 is 0. The fourth-order valence-corrected chi connectivity index (χ4v) is 4.42. The van der Waals surface area contributed by atoms with Crippen LogP contribution in [0.3, 0.4) is 0 Å². The molecule has 0 saturated heterocycles. The van der Waals surface area contributed by atoms with E-state index in [2.05, 4.69) is 86.1 Å². The van der Waals surface area contributed by atoms with E-state index in [-0.39, 0.29) is 23.7 Å². The molecular formula is C31H38O. The molecule has 32 heavy (non-hydrogen) atoms. The molecule has 1 nitrogen and oxygen atoms in total. The number of carbonyl (C=O) groups excluding carboxylic acids is 1. The maximum Gasteiger partial charge on any atom is 0.140 e. The zero-order valence-electron chi connectivity index (χ0n) is 19.5. The molecule has 0 amide bonds. The monoisotopic (exact) mass is 426 g/mol. The van der Waals surface area contributed by atoms with E-state index in [4.69, 9.17) is 0 Å². The molecule has 2 unspecified atom stereocenters. The molecule has 0 spiro atoms. The second-order valence-electron chi connectivity index (χ2n) is 8.24. The minimum atomic E-state index is -0.0145. The number of hydrogen-bond donors (Lipinski definition) is 0. The van der Waals surface area contributed by atoms with E-state index in [0.29, 0.717) is 12.2 Å². The Hall–Kier alpha value is -2.93. The van der Waals surface area contributed by atoms with Gasteiger partial charge in [-0.15, -0.1) is 13.2 Å². The van der Waals surface area contributed by atoms with E-state index in [9.17, 15) is 4.79 Å².